The third kappa shape index (κ3) is 4.61. The summed E-state index contributed by atoms with van der Waals surface area (Å²) >= 11 is 0. The summed E-state index contributed by atoms with van der Waals surface area (Å²) < 4.78 is 5.50. The first-order valence-corrected chi connectivity index (χ1v) is 12.5. The maximum absolute atomic E-state index is 14.0. The Bertz CT molecular complexity index is 1230. The van der Waals surface area contributed by atoms with Crippen LogP contribution in [0, 0.1) is 5.41 Å². The molecule has 1 unspecified atom stereocenters. The lowest BCUT2D eigenvalue weighted by atomic mass is 9.68. The summed E-state index contributed by atoms with van der Waals surface area (Å²) in [6, 6.07) is 25.5. The van der Waals surface area contributed by atoms with Crippen LogP contribution in [0.5, 0.6) is 5.75 Å². The van der Waals surface area contributed by atoms with E-state index in [1.54, 1.807) is 19.2 Å². The number of methoxy groups -OCH3 is 1. The van der Waals surface area contributed by atoms with Gasteiger partial charge in [0.05, 0.1) is 18.1 Å². The largest absolute Gasteiger partial charge is 0.497 e. The van der Waals surface area contributed by atoms with Crippen LogP contribution >= 0.6 is 0 Å². The van der Waals surface area contributed by atoms with E-state index in [2.05, 4.69) is 29.2 Å². The summed E-state index contributed by atoms with van der Waals surface area (Å²) in [5, 5.41) is 9.57. The van der Waals surface area contributed by atoms with Crippen LogP contribution in [0.2, 0.25) is 0 Å². The Morgan fingerprint density at radius 3 is 2.42 bits per heavy atom. The van der Waals surface area contributed by atoms with E-state index in [9.17, 15) is 14.7 Å². The van der Waals surface area contributed by atoms with Crippen LogP contribution in [0.1, 0.15) is 45.8 Å². The van der Waals surface area contributed by atoms with Gasteiger partial charge in [0.25, 0.3) is 0 Å². The number of benzene rings is 3. The predicted molar refractivity (Wildman–Crippen MR) is 138 cm³/mol. The van der Waals surface area contributed by atoms with Crippen LogP contribution in [0.3, 0.4) is 0 Å². The molecule has 36 heavy (non-hydrogen) atoms. The van der Waals surface area contributed by atoms with E-state index >= 15 is 0 Å². The van der Waals surface area contributed by atoms with Gasteiger partial charge in [-0.25, -0.2) is 4.79 Å². The number of carbonyl (C=O) groups excluding carboxylic acids is 1. The van der Waals surface area contributed by atoms with Crippen LogP contribution in [-0.4, -0.2) is 53.5 Å². The molecular weight excluding hydrogens is 452 g/mol. The molecule has 1 N–H and O–H groups in total. The highest BCUT2D eigenvalue weighted by atomic mass is 16.5. The number of nitrogens with zero attached hydrogens (tertiary/aromatic N) is 2. The van der Waals surface area contributed by atoms with Gasteiger partial charge in [0.2, 0.25) is 5.91 Å². The monoisotopic (exact) mass is 484 g/mol. The molecular formula is C30H32N2O4. The highest BCUT2D eigenvalue weighted by Gasteiger charge is 2.55. The highest BCUT2D eigenvalue weighted by molar-refractivity contribution is 5.89. The van der Waals surface area contributed by atoms with Crippen LogP contribution in [0.4, 0.5) is 0 Å². The van der Waals surface area contributed by atoms with Crippen molar-refractivity contribution in [3.05, 3.63) is 101 Å². The van der Waals surface area contributed by atoms with Crippen molar-refractivity contribution in [3.8, 4) is 5.75 Å². The number of rotatable bonds is 7. The van der Waals surface area contributed by atoms with E-state index in [4.69, 9.17) is 4.74 Å². The topological polar surface area (TPSA) is 70.1 Å². The molecule has 0 saturated carbocycles. The first-order chi connectivity index (χ1) is 17.5. The lowest BCUT2D eigenvalue weighted by Gasteiger charge is -2.41. The smallest absolute Gasteiger partial charge is 0.336 e. The molecule has 186 valence electrons. The number of amides is 1. The second kappa shape index (κ2) is 10.2. The van der Waals surface area contributed by atoms with Crippen LogP contribution in [0.15, 0.2) is 78.9 Å². The quantitative estimate of drug-likeness (QED) is 0.522. The second-order valence-corrected chi connectivity index (χ2v) is 9.90. The summed E-state index contributed by atoms with van der Waals surface area (Å²) in [6.07, 6.45) is 1.49. The number of aromatic carboxylic acids is 1. The Labute approximate surface area is 212 Å². The van der Waals surface area contributed by atoms with Gasteiger partial charge in [0.1, 0.15) is 5.75 Å². The number of hydrogen-bond donors (Lipinski definition) is 1. The van der Waals surface area contributed by atoms with Crippen molar-refractivity contribution in [2.75, 3.05) is 26.7 Å². The zero-order chi connectivity index (χ0) is 25.1. The first-order valence-electron chi connectivity index (χ1n) is 12.5. The van der Waals surface area contributed by atoms with Crippen molar-refractivity contribution in [1.29, 1.82) is 0 Å². The van der Waals surface area contributed by atoms with E-state index in [1.807, 2.05) is 47.4 Å². The van der Waals surface area contributed by atoms with Crippen LogP contribution in [0.25, 0.3) is 0 Å². The van der Waals surface area contributed by atoms with Gasteiger partial charge in [-0.1, -0.05) is 60.7 Å². The molecule has 2 fully saturated rings. The van der Waals surface area contributed by atoms with E-state index in [0.29, 0.717) is 25.2 Å². The minimum atomic E-state index is -0.903. The first kappa shape index (κ1) is 24.1. The average molecular weight is 485 g/mol. The van der Waals surface area contributed by atoms with Crippen molar-refractivity contribution in [2.45, 2.75) is 31.8 Å². The third-order valence-electron chi connectivity index (χ3n) is 7.89. The second-order valence-electron chi connectivity index (χ2n) is 9.90. The molecule has 0 radical (unpaired) electrons. The fourth-order valence-electron chi connectivity index (χ4n) is 5.95. The maximum Gasteiger partial charge on any atom is 0.336 e. The highest BCUT2D eigenvalue weighted by Crippen LogP contribution is 2.51. The molecule has 2 heterocycles. The molecule has 5 rings (SSSR count). The van der Waals surface area contributed by atoms with Gasteiger partial charge in [-0.05, 0) is 60.8 Å². The minimum Gasteiger partial charge on any atom is -0.497 e. The summed E-state index contributed by atoms with van der Waals surface area (Å²) in [4.78, 5) is 30.0. The molecule has 1 spiro atoms. The summed E-state index contributed by atoms with van der Waals surface area (Å²) in [7, 11) is 1.67. The van der Waals surface area contributed by atoms with Crippen molar-refractivity contribution in [2.24, 2.45) is 5.41 Å². The molecule has 1 amide bonds. The number of carboxylic acids is 1. The zero-order valence-electron chi connectivity index (χ0n) is 20.6. The van der Waals surface area contributed by atoms with Gasteiger partial charge in [-0.15, -0.1) is 0 Å². The van der Waals surface area contributed by atoms with Gasteiger partial charge < -0.3 is 14.7 Å². The molecule has 6 nitrogen and oxygen atoms in total. The van der Waals surface area contributed by atoms with Gasteiger partial charge in [0.15, 0.2) is 0 Å². The molecule has 0 aromatic heterocycles. The van der Waals surface area contributed by atoms with Crippen molar-refractivity contribution in [3.63, 3.8) is 0 Å². The summed E-state index contributed by atoms with van der Waals surface area (Å²) in [5.74, 6) is 0.209. The van der Waals surface area contributed by atoms with Crippen LogP contribution in [-0.2, 0) is 17.9 Å². The Morgan fingerprint density at radius 2 is 1.69 bits per heavy atom. The van der Waals surface area contributed by atoms with Crippen molar-refractivity contribution < 1.29 is 19.4 Å². The average Bonchev–Trinajstić information content (AvgIpc) is 3.17. The van der Waals surface area contributed by atoms with Gasteiger partial charge >= 0.3 is 5.97 Å². The fourth-order valence-corrected chi connectivity index (χ4v) is 5.95. The number of piperidine rings is 1. The molecule has 2 aliphatic rings. The van der Waals surface area contributed by atoms with E-state index in [1.165, 1.54) is 0 Å². The Kier molecular flexibility index (Phi) is 6.79. The van der Waals surface area contributed by atoms with Gasteiger partial charge in [-0.2, -0.15) is 0 Å². The molecule has 3 aromatic carbocycles. The van der Waals surface area contributed by atoms with Gasteiger partial charge in [-0.3, -0.25) is 9.69 Å². The Morgan fingerprint density at radius 1 is 0.972 bits per heavy atom. The van der Waals surface area contributed by atoms with Crippen molar-refractivity contribution >= 4 is 11.9 Å². The molecule has 2 saturated heterocycles. The van der Waals surface area contributed by atoms with E-state index in [0.717, 1.165) is 48.4 Å². The predicted octanol–water partition coefficient (Wildman–Crippen LogP) is 4.80. The number of likely N-dealkylation sites (tertiary alicyclic amines) is 2. The van der Waals surface area contributed by atoms with Crippen molar-refractivity contribution in [1.82, 2.24) is 9.80 Å². The summed E-state index contributed by atoms with van der Waals surface area (Å²) in [5.41, 5.74) is 2.97. The van der Waals surface area contributed by atoms with E-state index in [-0.39, 0.29) is 11.8 Å². The molecule has 6 heteroatoms. The normalized spacial score (nSPS) is 19.5. The molecule has 3 aromatic rings. The Balaban J connectivity index is 1.40. The maximum atomic E-state index is 14.0. The SMILES string of the molecule is COc1cccc(C2CN(Cc3ccccc3)C(=O)C23CCN(Cc2ccccc2C(=O)O)CC3)c1. The number of hydrogen-bond acceptors (Lipinski definition) is 4. The Hall–Kier alpha value is -3.64. The molecule has 0 aliphatic carbocycles. The lowest BCUT2D eigenvalue weighted by molar-refractivity contribution is -0.139. The number of ether oxygens (including phenoxy) is 1. The number of carboxylic acid groups (broad SMARTS) is 1. The van der Waals surface area contributed by atoms with Crippen LogP contribution < -0.4 is 4.74 Å². The zero-order valence-corrected chi connectivity index (χ0v) is 20.6. The standard InChI is InChI=1S/C30H32N2O4/c1-36-25-12-7-11-23(18-25)27-21-32(19-22-8-3-2-4-9-22)29(35)30(27)14-16-31(17-15-30)20-24-10-5-6-13-26(24)28(33)34/h2-13,18,27H,14-17,19-21H2,1H3,(H,33,34). The lowest BCUT2D eigenvalue weighted by Crippen LogP contribution is -2.46. The third-order valence-corrected chi connectivity index (χ3v) is 7.89. The minimum absolute atomic E-state index is 0.0808. The number of carbonyl (C=O) groups is 2. The molecule has 0 bridgehead atoms. The molecule has 1 atom stereocenters. The van der Waals surface area contributed by atoms with E-state index < -0.39 is 11.4 Å². The van der Waals surface area contributed by atoms with Gasteiger partial charge in [0, 0.05) is 25.6 Å². The summed E-state index contributed by atoms with van der Waals surface area (Å²) in [6.45, 7) is 3.36. The molecule has 2 aliphatic heterocycles. The fraction of sp³-hybridized carbons (Fsp3) is 0.333.